The van der Waals surface area contributed by atoms with E-state index in [9.17, 15) is 8.78 Å². The fourth-order valence-electron chi connectivity index (χ4n) is 2.39. The Morgan fingerprint density at radius 3 is 2.75 bits per heavy atom. The van der Waals surface area contributed by atoms with Crippen molar-refractivity contribution in [3.05, 3.63) is 34.9 Å². The molecule has 0 saturated carbocycles. The molecule has 2 unspecified atom stereocenters. The third kappa shape index (κ3) is 1.96. The Morgan fingerprint density at radius 1 is 1.31 bits per heavy atom. The maximum atomic E-state index is 14.0. The van der Waals surface area contributed by atoms with Crippen molar-refractivity contribution in [2.45, 2.75) is 26.2 Å². The van der Waals surface area contributed by atoms with Gasteiger partial charge < -0.3 is 5.32 Å². The minimum Gasteiger partial charge on any atom is -0.316 e. The summed E-state index contributed by atoms with van der Waals surface area (Å²) in [7, 11) is 0. The van der Waals surface area contributed by atoms with Gasteiger partial charge in [-0.3, -0.25) is 0 Å². The van der Waals surface area contributed by atoms with Gasteiger partial charge in [-0.05, 0) is 37.4 Å². The SMILES string of the molecule is Cc1ccc(F)c(C2CNCCC2C)c1F. The summed E-state index contributed by atoms with van der Waals surface area (Å²) in [5, 5.41) is 3.20. The van der Waals surface area contributed by atoms with E-state index in [0.717, 1.165) is 13.0 Å². The Bertz CT molecular complexity index is 390. The highest BCUT2D eigenvalue weighted by Gasteiger charge is 2.28. The van der Waals surface area contributed by atoms with Gasteiger partial charge in [0, 0.05) is 18.0 Å². The van der Waals surface area contributed by atoms with Crippen LogP contribution in [-0.4, -0.2) is 13.1 Å². The van der Waals surface area contributed by atoms with E-state index in [4.69, 9.17) is 0 Å². The molecule has 1 aromatic rings. The van der Waals surface area contributed by atoms with Crippen LogP contribution in [0.1, 0.15) is 30.4 Å². The molecule has 16 heavy (non-hydrogen) atoms. The van der Waals surface area contributed by atoms with Crippen LogP contribution in [0, 0.1) is 24.5 Å². The van der Waals surface area contributed by atoms with Crippen LogP contribution >= 0.6 is 0 Å². The van der Waals surface area contributed by atoms with Crippen LogP contribution in [0.15, 0.2) is 12.1 Å². The largest absolute Gasteiger partial charge is 0.316 e. The van der Waals surface area contributed by atoms with Crippen molar-refractivity contribution in [2.24, 2.45) is 5.92 Å². The van der Waals surface area contributed by atoms with E-state index in [2.05, 4.69) is 12.2 Å². The van der Waals surface area contributed by atoms with Crippen molar-refractivity contribution in [1.82, 2.24) is 5.32 Å². The number of benzene rings is 1. The van der Waals surface area contributed by atoms with E-state index in [0.29, 0.717) is 18.0 Å². The number of piperidine rings is 1. The molecule has 1 saturated heterocycles. The van der Waals surface area contributed by atoms with Crippen LogP contribution in [-0.2, 0) is 0 Å². The van der Waals surface area contributed by atoms with Gasteiger partial charge in [0.15, 0.2) is 0 Å². The van der Waals surface area contributed by atoms with Gasteiger partial charge in [-0.2, -0.15) is 0 Å². The third-order valence-corrected chi connectivity index (χ3v) is 3.52. The standard InChI is InChI=1S/C13H17F2N/c1-8-5-6-16-7-10(8)12-11(14)4-3-9(2)13(12)15/h3-4,8,10,16H,5-7H2,1-2H3. The zero-order chi connectivity index (χ0) is 11.7. The summed E-state index contributed by atoms with van der Waals surface area (Å²) >= 11 is 0. The maximum Gasteiger partial charge on any atom is 0.132 e. The van der Waals surface area contributed by atoms with Crippen molar-refractivity contribution in [3.8, 4) is 0 Å². The van der Waals surface area contributed by atoms with Gasteiger partial charge in [-0.25, -0.2) is 8.78 Å². The highest BCUT2D eigenvalue weighted by molar-refractivity contribution is 5.30. The predicted octanol–water partition coefficient (Wildman–Crippen LogP) is 2.99. The van der Waals surface area contributed by atoms with Gasteiger partial charge in [0.05, 0.1) is 0 Å². The zero-order valence-electron chi connectivity index (χ0n) is 9.69. The Kier molecular flexibility index (Phi) is 3.24. The normalized spacial score (nSPS) is 25.8. The third-order valence-electron chi connectivity index (χ3n) is 3.52. The van der Waals surface area contributed by atoms with E-state index in [-0.39, 0.29) is 17.3 Å². The van der Waals surface area contributed by atoms with Gasteiger partial charge in [-0.1, -0.05) is 13.0 Å². The van der Waals surface area contributed by atoms with Crippen LogP contribution in [0.5, 0.6) is 0 Å². The molecular formula is C13H17F2N. The van der Waals surface area contributed by atoms with Gasteiger partial charge in [0.1, 0.15) is 11.6 Å². The molecule has 0 bridgehead atoms. The molecule has 88 valence electrons. The molecule has 1 aliphatic heterocycles. The second-order valence-corrected chi connectivity index (χ2v) is 4.67. The van der Waals surface area contributed by atoms with Crippen molar-refractivity contribution in [2.75, 3.05) is 13.1 Å². The first-order chi connectivity index (χ1) is 7.61. The Balaban J connectivity index is 2.42. The predicted molar refractivity (Wildman–Crippen MR) is 60.5 cm³/mol. The van der Waals surface area contributed by atoms with Crippen LogP contribution in [0.3, 0.4) is 0 Å². The average molecular weight is 225 g/mol. The summed E-state index contributed by atoms with van der Waals surface area (Å²) in [6.45, 7) is 5.34. The number of halogens is 2. The first-order valence-corrected chi connectivity index (χ1v) is 5.76. The quantitative estimate of drug-likeness (QED) is 0.774. The molecule has 1 N–H and O–H groups in total. The van der Waals surface area contributed by atoms with Crippen LogP contribution in [0.25, 0.3) is 0 Å². The molecule has 1 aromatic carbocycles. The van der Waals surface area contributed by atoms with Crippen LogP contribution < -0.4 is 5.32 Å². The van der Waals surface area contributed by atoms with E-state index in [1.54, 1.807) is 6.92 Å². The second-order valence-electron chi connectivity index (χ2n) is 4.67. The van der Waals surface area contributed by atoms with Crippen LogP contribution in [0.4, 0.5) is 8.78 Å². The lowest BCUT2D eigenvalue weighted by Gasteiger charge is -2.30. The lowest BCUT2D eigenvalue weighted by molar-refractivity contribution is 0.331. The topological polar surface area (TPSA) is 12.0 Å². The monoisotopic (exact) mass is 225 g/mol. The van der Waals surface area contributed by atoms with E-state index >= 15 is 0 Å². The minimum atomic E-state index is -0.413. The molecule has 3 heteroatoms. The van der Waals surface area contributed by atoms with E-state index in [1.807, 2.05) is 0 Å². The highest BCUT2D eigenvalue weighted by atomic mass is 19.1. The van der Waals surface area contributed by atoms with Crippen molar-refractivity contribution in [1.29, 1.82) is 0 Å². The maximum absolute atomic E-state index is 14.0. The summed E-state index contributed by atoms with van der Waals surface area (Å²) in [5.74, 6) is -0.509. The summed E-state index contributed by atoms with van der Waals surface area (Å²) in [6, 6.07) is 2.87. The smallest absolute Gasteiger partial charge is 0.132 e. The fraction of sp³-hybridized carbons (Fsp3) is 0.538. The molecule has 1 fully saturated rings. The van der Waals surface area contributed by atoms with Gasteiger partial charge >= 0.3 is 0 Å². The minimum absolute atomic E-state index is 0.0475. The summed E-state index contributed by atoms with van der Waals surface area (Å²) < 4.78 is 27.7. The van der Waals surface area contributed by atoms with Gasteiger partial charge in [0.25, 0.3) is 0 Å². The molecule has 0 radical (unpaired) electrons. The lowest BCUT2D eigenvalue weighted by Crippen LogP contribution is -2.34. The molecule has 0 amide bonds. The molecule has 1 aliphatic rings. The molecular weight excluding hydrogens is 208 g/mol. The molecule has 0 aromatic heterocycles. The van der Waals surface area contributed by atoms with Crippen molar-refractivity contribution >= 4 is 0 Å². The van der Waals surface area contributed by atoms with Crippen molar-refractivity contribution < 1.29 is 8.78 Å². The van der Waals surface area contributed by atoms with Gasteiger partial charge in [-0.15, -0.1) is 0 Å². The molecule has 2 atom stereocenters. The fourth-order valence-corrected chi connectivity index (χ4v) is 2.39. The number of nitrogens with one attached hydrogen (secondary N) is 1. The Hall–Kier alpha value is -0.960. The summed E-state index contributed by atoms with van der Waals surface area (Å²) in [5.41, 5.74) is 0.786. The number of rotatable bonds is 1. The number of aryl methyl sites for hydroxylation is 1. The van der Waals surface area contributed by atoms with E-state index in [1.165, 1.54) is 12.1 Å². The number of hydrogen-bond donors (Lipinski definition) is 1. The first kappa shape index (κ1) is 11.5. The number of hydrogen-bond acceptors (Lipinski definition) is 1. The Morgan fingerprint density at radius 2 is 2.06 bits per heavy atom. The first-order valence-electron chi connectivity index (χ1n) is 5.76. The summed E-state index contributed by atoms with van der Waals surface area (Å²) in [4.78, 5) is 0. The summed E-state index contributed by atoms with van der Waals surface area (Å²) in [6.07, 6.45) is 0.970. The molecule has 1 heterocycles. The molecule has 1 nitrogen and oxygen atoms in total. The van der Waals surface area contributed by atoms with Crippen LogP contribution in [0.2, 0.25) is 0 Å². The Labute approximate surface area is 94.9 Å². The average Bonchev–Trinajstić information content (AvgIpc) is 2.27. The highest BCUT2D eigenvalue weighted by Crippen LogP contribution is 2.33. The van der Waals surface area contributed by atoms with Gasteiger partial charge in [0.2, 0.25) is 0 Å². The molecule has 2 rings (SSSR count). The zero-order valence-corrected chi connectivity index (χ0v) is 9.69. The lowest BCUT2D eigenvalue weighted by atomic mass is 9.82. The molecule has 0 aliphatic carbocycles. The second kappa shape index (κ2) is 4.50. The van der Waals surface area contributed by atoms with E-state index < -0.39 is 5.82 Å². The van der Waals surface area contributed by atoms with Crippen molar-refractivity contribution in [3.63, 3.8) is 0 Å². The molecule has 0 spiro atoms.